The van der Waals surface area contributed by atoms with E-state index in [-0.39, 0.29) is 5.92 Å². The largest absolute Gasteiger partial charge is 0.481 e. The van der Waals surface area contributed by atoms with Gasteiger partial charge in [0.25, 0.3) is 0 Å². The summed E-state index contributed by atoms with van der Waals surface area (Å²) >= 11 is 5.97. The molecule has 0 radical (unpaired) electrons. The Kier molecular flexibility index (Phi) is 3.11. The van der Waals surface area contributed by atoms with Crippen LogP contribution in [0.15, 0.2) is 24.4 Å². The first-order valence-electron chi connectivity index (χ1n) is 5.45. The SMILES string of the molecule is CC(Cc1cn(C)c2ccc(Cl)cc12)C(=O)O. The second kappa shape index (κ2) is 4.41. The number of fused-ring (bicyclic) bond motifs is 1. The highest BCUT2D eigenvalue weighted by molar-refractivity contribution is 6.31. The normalized spacial score (nSPS) is 12.9. The van der Waals surface area contributed by atoms with Gasteiger partial charge in [0, 0.05) is 29.2 Å². The molecule has 0 aliphatic heterocycles. The van der Waals surface area contributed by atoms with Crippen molar-refractivity contribution in [3.8, 4) is 0 Å². The quantitative estimate of drug-likeness (QED) is 0.911. The molecule has 1 aromatic carbocycles. The van der Waals surface area contributed by atoms with E-state index in [2.05, 4.69) is 0 Å². The van der Waals surface area contributed by atoms with E-state index in [9.17, 15) is 4.79 Å². The van der Waals surface area contributed by atoms with Crippen LogP contribution < -0.4 is 0 Å². The van der Waals surface area contributed by atoms with Crippen molar-refractivity contribution >= 4 is 28.5 Å². The number of aromatic nitrogens is 1. The Balaban J connectivity index is 2.47. The predicted molar refractivity (Wildman–Crippen MR) is 68.4 cm³/mol. The standard InChI is InChI=1S/C13H14ClNO2/c1-8(13(16)17)5-9-7-15(2)12-4-3-10(14)6-11(9)12/h3-4,6-8H,5H2,1-2H3,(H,16,17). The highest BCUT2D eigenvalue weighted by Crippen LogP contribution is 2.26. The minimum absolute atomic E-state index is 0.389. The summed E-state index contributed by atoms with van der Waals surface area (Å²) in [7, 11) is 1.95. The molecule has 2 aromatic rings. The summed E-state index contributed by atoms with van der Waals surface area (Å²) in [4.78, 5) is 10.9. The monoisotopic (exact) mass is 251 g/mol. The maximum atomic E-state index is 10.9. The molecule has 17 heavy (non-hydrogen) atoms. The first-order chi connectivity index (χ1) is 7.99. The molecule has 90 valence electrons. The molecule has 0 saturated carbocycles. The lowest BCUT2D eigenvalue weighted by Crippen LogP contribution is -2.11. The van der Waals surface area contributed by atoms with E-state index in [1.807, 2.05) is 36.0 Å². The van der Waals surface area contributed by atoms with Gasteiger partial charge in [-0.2, -0.15) is 0 Å². The number of carbonyl (C=O) groups is 1. The number of hydrogen-bond acceptors (Lipinski definition) is 1. The van der Waals surface area contributed by atoms with Crippen LogP contribution in [0.4, 0.5) is 0 Å². The van der Waals surface area contributed by atoms with Gasteiger partial charge in [0.2, 0.25) is 0 Å². The van der Waals surface area contributed by atoms with Crippen molar-refractivity contribution in [3.05, 3.63) is 35.0 Å². The number of halogens is 1. The fourth-order valence-electron chi connectivity index (χ4n) is 2.03. The van der Waals surface area contributed by atoms with Crippen LogP contribution in [0.25, 0.3) is 10.9 Å². The highest BCUT2D eigenvalue weighted by Gasteiger charge is 2.15. The van der Waals surface area contributed by atoms with E-state index in [1.165, 1.54) is 0 Å². The van der Waals surface area contributed by atoms with Crippen molar-refractivity contribution in [1.82, 2.24) is 4.57 Å². The van der Waals surface area contributed by atoms with Crippen LogP contribution in [0.2, 0.25) is 5.02 Å². The average molecular weight is 252 g/mol. The lowest BCUT2D eigenvalue weighted by Gasteiger charge is -2.04. The van der Waals surface area contributed by atoms with Crippen molar-refractivity contribution in [2.24, 2.45) is 13.0 Å². The van der Waals surface area contributed by atoms with Gasteiger partial charge >= 0.3 is 5.97 Å². The molecule has 1 atom stereocenters. The molecule has 0 aliphatic rings. The average Bonchev–Trinajstić information content (AvgIpc) is 2.55. The smallest absolute Gasteiger partial charge is 0.306 e. The van der Waals surface area contributed by atoms with Gasteiger partial charge in [0.05, 0.1) is 5.92 Å². The second-order valence-corrected chi connectivity index (χ2v) is 4.81. The van der Waals surface area contributed by atoms with E-state index in [4.69, 9.17) is 16.7 Å². The fourth-order valence-corrected chi connectivity index (χ4v) is 2.20. The van der Waals surface area contributed by atoms with Crippen molar-refractivity contribution < 1.29 is 9.90 Å². The number of aliphatic carboxylic acids is 1. The topological polar surface area (TPSA) is 42.2 Å². The summed E-state index contributed by atoms with van der Waals surface area (Å²) in [6.07, 6.45) is 2.49. The zero-order valence-electron chi connectivity index (χ0n) is 9.77. The van der Waals surface area contributed by atoms with E-state index < -0.39 is 5.97 Å². The molecule has 1 heterocycles. The molecule has 2 rings (SSSR count). The van der Waals surface area contributed by atoms with E-state index in [0.29, 0.717) is 11.4 Å². The molecular weight excluding hydrogens is 238 g/mol. The van der Waals surface area contributed by atoms with E-state index >= 15 is 0 Å². The zero-order valence-corrected chi connectivity index (χ0v) is 10.5. The Labute approximate surface area is 105 Å². The number of carboxylic acid groups (broad SMARTS) is 1. The van der Waals surface area contributed by atoms with Gasteiger partial charge < -0.3 is 9.67 Å². The third kappa shape index (κ3) is 2.29. The molecule has 1 unspecified atom stereocenters. The molecule has 1 N–H and O–H groups in total. The summed E-state index contributed by atoms with van der Waals surface area (Å²) in [5, 5.41) is 10.7. The van der Waals surface area contributed by atoms with Gasteiger partial charge in [0.1, 0.15) is 0 Å². The molecule has 1 aromatic heterocycles. The predicted octanol–water partition coefficient (Wildman–Crippen LogP) is 3.09. The second-order valence-electron chi connectivity index (χ2n) is 4.37. The minimum Gasteiger partial charge on any atom is -0.481 e. The lowest BCUT2D eigenvalue weighted by molar-refractivity contribution is -0.141. The maximum Gasteiger partial charge on any atom is 0.306 e. The lowest BCUT2D eigenvalue weighted by atomic mass is 10.0. The van der Waals surface area contributed by atoms with Crippen molar-refractivity contribution in [1.29, 1.82) is 0 Å². The number of hydrogen-bond donors (Lipinski definition) is 1. The van der Waals surface area contributed by atoms with Crippen LogP contribution in [0.1, 0.15) is 12.5 Å². The Morgan fingerprint density at radius 2 is 2.24 bits per heavy atom. The molecule has 0 spiro atoms. The van der Waals surface area contributed by atoms with E-state index in [0.717, 1.165) is 16.5 Å². The molecule has 0 saturated heterocycles. The molecule has 0 fully saturated rings. The van der Waals surface area contributed by atoms with E-state index in [1.54, 1.807) is 6.92 Å². The minimum atomic E-state index is -0.774. The van der Waals surface area contributed by atoms with Crippen molar-refractivity contribution in [3.63, 3.8) is 0 Å². The van der Waals surface area contributed by atoms with Crippen LogP contribution in [-0.4, -0.2) is 15.6 Å². The number of rotatable bonds is 3. The zero-order chi connectivity index (χ0) is 12.6. The number of aryl methyl sites for hydroxylation is 1. The Morgan fingerprint density at radius 1 is 1.53 bits per heavy atom. The Morgan fingerprint density at radius 3 is 2.88 bits per heavy atom. The van der Waals surface area contributed by atoms with Gasteiger partial charge in [-0.1, -0.05) is 18.5 Å². The van der Waals surface area contributed by atoms with Crippen LogP contribution in [0.5, 0.6) is 0 Å². The van der Waals surface area contributed by atoms with Crippen LogP contribution in [-0.2, 0) is 18.3 Å². The summed E-state index contributed by atoms with van der Waals surface area (Å²) in [6.45, 7) is 1.71. The van der Waals surface area contributed by atoms with Crippen LogP contribution >= 0.6 is 11.6 Å². The number of nitrogens with zero attached hydrogens (tertiary/aromatic N) is 1. The summed E-state index contributed by atoms with van der Waals surface area (Å²) in [5.74, 6) is -1.16. The summed E-state index contributed by atoms with van der Waals surface area (Å²) in [5.41, 5.74) is 2.10. The first-order valence-corrected chi connectivity index (χ1v) is 5.83. The molecular formula is C13H14ClNO2. The third-order valence-electron chi connectivity index (χ3n) is 2.98. The first kappa shape index (κ1) is 12.0. The number of carboxylic acids is 1. The Hall–Kier alpha value is -1.48. The summed E-state index contributed by atoms with van der Waals surface area (Å²) in [6, 6.07) is 5.68. The van der Waals surface area contributed by atoms with Crippen molar-refractivity contribution in [2.45, 2.75) is 13.3 Å². The molecule has 0 aliphatic carbocycles. The van der Waals surface area contributed by atoms with Gasteiger partial charge in [-0.15, -0.1) is 0 Å². The van der Waals surface area contributed by atoms with Crippen LogP contribution in [0.3, 0.4) is 0 Å². The van der Waals surface area contributed by atoms with Gasteiger partial charge in [-0.3, -0.25) is 4.79 Å². The molecule has 3 nitrogen and oxygen atoms in total. The van der Waals surface area contributed by atoms with Gasteiger partial charge in [-0.25, -0.2) is 0 Å². The maximum absolute atomic E-state index is 10.9. The molecule has 0 bridgehead atoms. The van der Waals surface area contributed by atoms with Gasteiger partial charge in [-0.05, 0) is 30.2 Å². The molecule has 4 heteroatoms. The number of benzene rings is 1. The third-order valence-corrected chi connectivity index (χ3v) is 3.22. The van der Waals surface area contributed by atoms with Crippen LogP contribution in [0, 0.1) is 5.92 Å². The highest BCUT2D eigenvalue weighted by atomic mass is 35.5. The van der Waals surface area contributed by atoms with Crippen molar-refractivity contribution in [2.75, 3.05) is 0 Å². The summed E-state index contributed by atoms with van der Waals surface area (Å²) < 4.78 is 2.00. The van der Waals surface area contributed by atoms with Gasteiger partial charge in [0.15, 0.2) is 0 Å². The molecule has 0 amide bonds. The Bertz CT molecular complexity index is 574. The fraction of sp³-hybridized carbons (Fsp3) is 0.308.